The fourth-order valence-corrected chi connectivity index (χ4v) is 2.60. The van der Waals surface area contributed by atoms with Gasteiger partial charge in [0.25, 0.3) is 0 Å². The van der Waals surface area contributed by atoms with E-state index in [4.69, 9.17) is 19.9 Å². The van der Waals surface area contributed by atoms with Crippen LogP contribution >= 0.6 is 0 Å². The molecule has 0 amide bonds. The quantitative estimate of drug-likeness (QED) is 0.435. The molecule has 0 aliphatic heterocycles. The number of ether oxygens (including phenoxy) is 3. The molecule has 1 heterocycles. The highest BCUT2D eigenvalue weighted by Gasteiger charge is 2.05. The van der Waals surface area contributed by atoms with Crippen LogP contribution in [0.2, 0.25) is 0 Å². The maximum absolute atomic E-state index is 12.9. The summed E-state index contributed by atoms with van der Waals surface area (Å²) in [5, 5.41) is 3.06. The van der Waals surface area contributed by atoms with Crippen molar-refractivity contribution >= 4 is 5.96 Å². The molecular formula is C22H23FN4O3. The van der Waals surface area contributed by atoms with Crippen LogP contribution in [0.5, 0.6) is 23.1 Å². The largest absolute Gasteiger partial charge is 0.493 e. The number of halogens is 1. The Balaban J connectivity index is 1.52. The molecule has 1 aromatic heterocycles. The molecular weight excluding hydrogens is 387 g/mol. The molecule has 2 aromatic carbocycles. The van der Waals surface area contributed by atoms with E-state index in [2.05, 4.69) is 15.3 Å². The number of nitrogens with zero attached hydrogens (tertiary/aromatic N) is 2. The minimum atomic E-state index is -0.319. The molecule has 7 nitrogen and oxygen atoms in total. The first kappa shape index (κ1) is 20.9. The normalized spacial score (nSPS) is 11.1. The van der Waals surface area contributed by atoms with Gasteiger partial charge in [-0.25, -0.2) is 14.4 Å². The lowest BCUT2D eigenvalue weighted by Gasteiger charge is -2.10. The Labute approximate surface area is 174 Å². The molecule has 0 atom stereocenters. The van der Waals surface area contributed by atoms with E-state index in [-0.39, 0.29) is 5.82 Å². The van der Waals surface area contributed by atoms with Crippen molar-refractivity contribution in [1.29, 1.82) is 0 Å². The molecule has 3 N–H and O–H groups in total. The van der Waals surface area contributed by atoms with Gasteiger partial charge in [0.1, 0.15) is 11.6 Å². The van der Waals surface area contributed by atoms with Gasteiger partial charge in [-0.3, -0.25) is 0 Å². The van der Waals surface area contributed by atoms with Gasteiger partial charge in [0, 0.05) is 18.8 Å². The molecule has 3 aromatic rings. The maximum Gasteiger partial charge on any atom is 0.219 e. The number of hydrogen-bond donors (Lipinski definition) is 2. The number of nitrogens with two attached hydrogens (primary N) is 1. The van der Waals surface area contributed by atoms with Crippen LogP contribution in [0.15, 0.2) is 65.8 Å². The van der Waals surface area contributed by atoms with Crippen LogP contribution < -0.4 is 25.3 Å². The molecule has 0 aliphatic rings. The van der Waals surface area contributed by atoms with E-state index in [0.717, 1.165) is 11.1 Å². The van der Waals surface area contributed by atoms with Gasteiger partial charge in [0.15, 0.2) is 17.5 Å². The number of methoxy groups -OCH3 is 2. The monoisotopic (exact) mass is 410 g/mol. The number of aliphatic imine (C=N–C) groups is 1. The third-order valence-corrected chi connectivity index (χ3v) is 4.19. The van der Waals surface area contributed by atoms with Gasteiger partial charge in [-0.1, -0.05) is 12.1 Å². The number of nitrogens with one attached hydrogen (secondary N) is 1. The number of rotatable bonds is 8. The summed E-state index contributed by atoms with van der Waals surface area (Å²) in [4.78, 5) is 8.55. The average molecular weight is 410 g/mol. The summed E-state index contributed by atoms with van der Waals surface area (Å²) >= 11 is 0. The van der Waals surface area contributed by atoms with Crippen molar-refractivity contribution in [3.8, 4) is 23.1 Å². The highest BCUT2D eigenvalue weighted by molar-refractivity contribution is 5.77. The second kappa shape index (κ2) is 10.1. The van der Waals surface area contributed by atoms with Crippen LogP contribution in [0.4, 0.5) is 4.39 Å². The lowest BCUT2D eigenvalue weighted by atomic mass is 10.2. The summed E-state index contributed by atoms with van der Waals surface area (Å²) in [6, 6.07) is 14.9. The molecule has 0 radical (unpaired) electrons. The first-order valence-electron chi connectivity index (χ1n) is 9.20. The zero-order chi connectivity index (χ0) is 21.3. The van der Waals surface area contributed by atoms with E-state index in [1.54, 1.807) is 38.6 Å². The third-order valence-electron chi connectivity index (χ3n) is 4.19. The third kappa shape index (κ3) is 5.84. The Morgan fingerprint density at radius 1 is 1.00 bits per heavy atom. The topological polar surface area (TPSA) is 91.0 Å². The summed E-state index contributed by atoms with van der Waals surface area (Å²) in [5.74, 6) is 2.24. The second-order valence-electron chi connectivity index (χ2n) is 6.31. The van der Waals surface area contributed by atoms with E-state index >= 15 is 0 Å². The molecule has 156 valence electrons. The molecule has 8 heteroatoms. The summed E-state index contributed by atoms with van der Waals surface area (Å²) in [7, 11) is 3.19. The zero-order valence-corrected chi connectivity index (χ0v) is 16.8. The summed E-state index contributed by atoms with van der Waals surface area (Å²) in [6.45, 7) is 0.868. The van der Waals surface area contributed by atoms with Crippen molar-refractivity contribution < 1.29 is 18.6 Å². The van der Waals surface area contributed by atoms with Crippen molar-refractivity contribution in [2.24, 2.45) is 10.7 Å². The minimum absolute atomic E-state index is 0.316. The average Bonchev–Trinajstić information content (AvgIpc) is 2.78. The van der Waals surface area contributed by atoms with Crippen LogP contribution in [0.1, 0.15) is 11.1 Å². The molecule has 0 saturated carbocycles. The van der Waals surface area contributed by atoms with Crippen molar-refractivity contribution in [2.75, 3.05) is 14.2 Å². The highest BCUT2D eigenvalue weighted by atomic mass is 19.1. The van der Waals surface area contributed by atoms with Crippen molar-refractivity contribution in [2.45, 2.75) is 13.1 Å². The van der Waals surface area contributed by atoms with Crippen LogP contribution in [-0.2, 0) is 13.1 Å². The van der Waals surface area contributed by atoms with Gasteiger partial charge in [-0.05, 0) is 47.5 Å². The highest BCUT2D eigenvalue weighted by Crippen LogP contribution is 2.27. The van der Waals surface area contributed by atoms with Crippen LogP contribution in [0, 0.1) is 5.82 Å². The Morgan fingerprint density at radius 3 is 2.40 bits per heavy atom. The number of aromatic nitrogens is 1. The Morgan fingerprint density at radius 2 is 1.73 bits per heavy atom. The van der Waals surface area contributed by atoms with E-state index < -0.39 is 0 Å². The fourth-order valence-electron chi connectivity index (χ4n) is 2.60. The summed E-state index contributed by atoms with van der Waals surface area (Å²) in [6.07, 6.45) is 1.66. The first-order valence-corrected chi connectivity index (χ1v) is 9.20. The van der Waals surface area contributed by atoms with Gasteiger partial charge in [0.2, 0.25) is 5.88 Å². The molecule has 30 heavy (non-hydrogen) atoms. The number of benzene rings is 2. The SMILES string of the molecule is COc1ccc(CNC(N)=NCc2ccc(Oc3ccc(F)cc3)nc2)cc1OC. The summed E-state index contributed by atoms with van der Waals surface area (Å²) < 4.78 is 29.0. The number of guanidine groups is 1. The van der Waals surface area contributed by atoms with Gasteiger partial charge < -0.3 is 25.3 Å². The van der Waals surface area contributed by atoms with Crippen molar-refractivity contribution in [1.82, 2.24) is 10.3 Å². The number of hydrogen-bond acceptors (Lipinski definition) is 5. The molecule has 3 rings (SSSR count). The molecule has 0 saturated heterocycles. The minimum Gasteiger partial charge on any atom is -0.493 e. The molecule has 0 bridgehead atoms. The smallest absolute Gasteiger partial charge is 0.219 e. The van der Waals surface area contributed by atoms with Crippen LogP contribution in [0.25, 0.3) is 0 Å². The van der Waals surface area contributed by atoms with E-state index in [1.807, 2.05) is 24.3 Å². The standard InChI is InChI=1S/C22H23FN4O3/c1-28-19-9-3-15(11-20(19)29-2)12-26-22(24)27-14-16-4-10-21(25-13-16)30-18-7-5-17(23)6-8-18/h3-11,13H,12,14H2,1-2H3,(H3,24,26,27). The Bertz CT molecular complexity index is 992. The lowest BCUT2D eigenvalue weighted by molar-refractivity contribution is 0.354. The van der Waals surface area contributed by atoms with Crippen molar-refractivity contribution in [3.63, 3.8) is 0 Å². The Hall–Kier alpha value is -3.81. The lowest BCUT2D eigenvalue weighted by Crippen LogP contribution is -2.31. The predicted octanol–water partition coefficient (Wildman–Crippen LogP) is 3.63. The van der Waals surface area contributed by atoms with Crippen LogP contribution in [-0.4, -0.2) is 25.2 Å². The maximum atomic E-state index is 12.9. The van der Waals surface area contributed by atoms with Gasteiger partial charge in [-0.2, -0.15) is 0 Å². The van der Waals surface area contributed by atoms with Crippen molar-refractivity contribution in [3.05, 3.63) is 77.7 Å². The zero-order valence-electron chi connectivity index (χ0n) is 16.8. The van der Waals surface area contributed by atoms with E-state index in [9.17, 15) is 4.39 Å². The molecule has 0 spiro atoms. The Kier molecular flexibility index (Phi) is 7.05. The van der Waals surface area contributed by atoms with Gasteiger partial charge in [0.05, 0.1) is 20.8 Å². The number of pyridine rings is 1. The second-order valence-corrected chi connectivity index (χ2v) is 6.31. The first-order chi connectivity index (χ1) is 14.6. The van der Waals surface area contributed by atoms with Crippen LogP contribution in [0.3, 0.4) is 0 Å². The molecule has 0 unspecified atom stereocenters. The van der Waals surface area contributed by atoms with Gasteiger partial charge >= 0.3 is 0 Å². The predicted molar refractivity (Wildman–Crippen MR) is 112 cm³/mol. The molecule has 0 aliphatic carbocycles. The fraction of sp³-hybridized carbons (Fsp3) is 0.182. The van der Waals surface area contributed by atoms with Gasteiger partial charge in [-0.15, -0.1) is 0 Å². The summed E-state index contributed by atoms with van der Waals surface area (Å²) in [5.41, 5.74) is 7.80. The van der Waals surface area contributed by atoms with E-state index in [1.165, 1.54) is 12.1 Å². The van der Waals surface area contributed by atoms with E-state index in [0.29, 0.717) is 42.2 Å². The molecule has 0 fully saturated rings.